The van der Waals surface area contributed by atoms with Gasteiger partial charge in [0.2, 0.25) is 0 Å². The second-order valence-corrected chi connectivity index (χ2v) is 7.36. The van der Waals surface area contributed by atoms with Gasteiger partial charge in [-0.3, -0.25) is 0 Å². The van der Waals surface area contributed by atoms with E-state index in [4.69, 9.17) is 9.73 Å². The summed E-state index contributed by atoms with van der Waals surface area (Å²) < 4.78 is 5.52. The van der Waals surface area contributed by atoms with Gasteiger partial charge in [0, 0.05) is 46.0 Å². The lowest BCUT2D eigenvalue weighted by atomic mass is 10.2. The number of ether oxygens (including phenoxy) is 1. The summed E-state index contributed by atoms with van der Waals surface area (Å²) >= 11 is 0. The van der Waals surface area contributed by atoms with Gasteiger partial charge >= 0.3 is 0 Å². The van der Waals surface area contributed by atoms with Crippen molar-refractivity contribution in [3.05, 3.63) is 48.2 Å². The van der Waals surface area contributed by atoms with Gasteiger partial charge < -0.3 is 25.2 Å². The number of para-hydroxylation sites is 2. The van der Waals surface area contributed by atoms with E-state index in [0.717, 1.165) is 54.8 Å². The SMILES string of the molecule is CCNC(=NCc1ccnc(N(C)C)c1)NC1CCN(c2ccccc2OC)C1.I. The summed E-state index contributed by atoms with van der Waals surface area (Å²) in [6.07, 6.45) is 2.89. The van der Waals surface area contributed by atoms with Crippen LogP contribution in [0.4, 0.5) is 11.5 Å². The third kappa shape index (κ3) is 6.38. The molecule has 1 unspecified atom stereocenters. The first kappa shape index (κ1) is 24.0. The Morgan fingerprint density at radius 2 is 2.10 bits per heavy atom. The number of nitrogens with zero attached hydrogens (tertiary/aromatic N) is 4. The minimum absolute atomic E-state index is 0. The molecule has 3 rings (SSSR count). The fraction of sp³-hybridized carbons (Fsp3) is 0.455. The Labute approximate surface area is 196 Å². The predicted molar refractivity (Wildman–Crippen MR) is 136 cm³/mol. The molecule has 1 saturated heterocycles. The van der Waals surface area contributed by atoms with E-state index in [0.29, 0.717) is 12.6 Å². The fourth-order valence-electron chi connectivity index (χ4n) is 3.48. The number of hydrogen-bond donors (Lipinski definition) is 2. The van der Waals surface area contributed by atoms with E-state index >= 15 is 0 Å². The zero-order valence-corrected chi connectivity index (χ0v) is 20.6. The molecule has 2 heterocycles. The number of aliphatic imine (C=N–C) groups is 1. The van der Waals surface area contributed by atoms with E-state index in [1.165, 1.54) is 0 Å². The highest BCUT2D eigenvalue weighted by Gasteiger charge is 2.25. The number of aromatic nitrogens is 1. The molecule has 1 aromatic carbocycles. The van der Waals surface area contributed by atoms with Gasteiger partial charge in [-0.25, -0.2) is 9.98 Å². The minimum Gasteiger partial charge on any atom is -0.495 e. The van der Waals surface area contributed by atoms with Crippen molar-refractivity contribution in [2.75, 3.05) is 50.6 Å². The lowest BCUT2D eigenvalue weighted by molar-refractivity contribution is 0.415. The third-order valence-electron chi connectivity index (χ3n) is 4.99. The van der Waals surface area contributed by atoms with E-state index < -0.39 is 0 Å². The van der Waals surface area contributed by atoms with Crippen LogP contribution in [-0.2, 0) is 6.54 Å². The Morgan fingerprint density at radius 1 is 1.30 bits per heavy atom. The number of rotatable bonds is 7. The normalized spacial score (nSPS) is 16.1. The molecule has 8 heteroatoms. The number of guanidine groups is 1. The average molecular weight is 524 g/mol. The second-order valence-electron chi connectivity index (χ2n) is 7.36. The van der Waals surface area contributed by atoms with E-state index in [1.807, 2.05) is 43.4 Å². The molecular formula is C22H33IN6O. The zero-order valence-electron chi connectivity index (χ0n) is 18.3. The van der Waals surface area contributed by atoms with E-state index in [2.05, 4.69) is 45.6 Å². The highest BCUT2D eigenvalue weighted by atomic mass is 127. The number of hydrogen-bond acceptors (Lipinski definition) is 5. The summed E-state index contributed by atoms with van der Waals surface area (Å²) in [4.78, 5) is 13.5. The van der Waals surface area contributed by atoms with Crippen LogP contribution in [0.2, 0.25) is 0 Å². The molecular weight excluding hydrogens is 491 g/mol. The summed E-state index contributed by atoms with van der Waals surface area (Å²) in [5, 5.41) is 6.96. The standard InChI is InChI=1S/C22H32N6O.HI/c1-5-23-22(25-15-17-10-12-24-21(14-17)27(2)3)26-18-11-13-28(16-18)19-8-6-7-9-20(19)29-4;/h6-10,12,14,18H,5,11,13,15-16H2,1-4H3,(H2,23,25,26);1H. The number of nitrogens with one attached hydrogen (secondary N) is 2. The van der Waals surface area contributed by atoms with E-state index in [1.54, 1.807) is 7.11 Å². The molecule has 7 nitrogen and oxygen atoms in total. The molecule has 0 amide bonds. The van der Waals surface area contributed by atoms with Crippen LogP contribution >= 0.6 is 24.0 Å². The summed E-state index contributed by atoms with van der Waals surface area (Å²) in [7, 11) is 5.71. The third-order valence-corrected chi connectivity index (χ3v) is 4.99. The van der Waals surface area contributed by atoms with Crippen LogP contribution in [0.3, 0.4) is 0 Å². The van der Waals surface area contributed by atoms with Crippen molar-refractivity contribution < 1.29 is 4.74 Å². The molecule has 0 bridgehead atoms. The molecule has 1 aliphatic rings. The summed E-state index contributed by atoms with van der Waals surface area (Å²) in [6.45, 7) is 5.44. The highest BCUT2D eigenvalue weighted by molar-refractivity contribution is 14.0. The Balaban J connectivity index is 0.00000320. The van der Waals surface area contributed by atoms with Gasteiger partial charge in [-0.15, -0.1) is 24.0 Å². The average Bonchev–Trinajstić information content (AvgIpc) is 3.20. The van der Waals surface area contributed by atoms with Crippen LogP contribution in [0.1, 0.15) is 18.9 Å². The molecule has 1 aliphatic heterocycles. The first-order valence-corrected chi connectivity index (χ1v) is 10.2. The second kappa shape index (κ2) is 11.8. The zero-order chi connectivity index (χ0) is 20.6. The fourth-order valence-corrected chi connectivity index (χ4v) is 3.48. The summed E-state index contributed by atoms with van der Waals surface area (Å²) in [5.41, 5.74) is 2.29. The van der Waals surface area contributed by atoms with Crippen molar-refractivity contribution >= 4 is 41.4 Å². The van der Waals surface area contributed by atoms with E-state index in [9.17, 15) is 0 Å². The quantitative estimate of drug-likeness (QED) is 0.330. The van der Waals surface area contributed by atoms with Crippen molar-refractivity contribution in [2.24, 2.45) is 4.99 Å². The van der Waals surface area contributed by atoms with Crippen molar-refractivity contribution in [1.82, 2.24) is 15.6 Å². The van der Waals surface area contributed by atoms with E-state index in [-0.39, 0.29) is 24.0 Å². The number of methoxy groups -OCH3 is 1. The van der Waals surface area contributed by atoms with Crippen LogP contribution in [0, 0.1) is 0 Å². The maximum absolute atomic E-state index is 5.52. The molecule has 2 aromatic rings. The molecule has 1 atom stereocenters. The lowest BCUT2D eigenvalue weighted by Crippen LogP contribution is -2.44. The van der Waals surface area contributed by atoms with Crippen molar-refractivity contribution in [1.29, 1.82) is 0 Å². The topological polar surface area (TPSA) is 65.0 Å². The molecule has 1 aromatic heterocycles. The Bertz CT molecular complexity index is 829. The predicted octanol–water partition coefficient (Wildman–Crippen LogP) is 3.11. The van der Waals surface area contributed by atoms with Gasteiger partial charge in [-0.1, -0.05) is 12.1 Å². The lowest BCUT2D eigenvalue weighted by Gasteiger charge is -2.22. The molecule has 164 valence electrons. The van der Waals surface area contributed by atoms with Gasteiger partial charge in [-0.2, -0.15) is 0 Å². The van der Waals surface area contributed by atoms with Gasteiger partial charge in [0.1, 0.15) is 11.6 Å². The van der Waals surface area contributed by atoms with Gasteiger partial charge in [0.05, 0.1) is 19.3 Å². The first-order valence-electron chi connectivity index (χ1n) is 10.2. The molecule has 0 aliphatic carbocycles. The van der Waals surface area contributed by atoms with Crippen LogP contribution < -0.4 is 25.2 Å². The monoisotopic (exact) mass is 524 g/mol. The van der Waals surface area contributed by atoms with Crippen LogP contribution in [0.5, 0.6) is 5.75 Å². The number of benzene rings is 1. The molecule has 0 radical (unpaired) electrons. The molecule has 30 heavy (non-hydrogen) atoms. The number of pyridine rings is 1. The smallest absolute Gasteiger partial charge is 0.191 e. The first-order chi connectivity index (χ1) is 14.1. The van der Waals surface area contributed by atoms with Crippen molar-refractivity contribution in [3.63, 3.8) is 0 Å². The van der Waals surface area contributed by atoms with Crippen LogP contribution in [0.15, 0.2) is 47.6 Å². The molecule has 0 saturated carbocycles. The largest absolute Gasteiger partial charge is 0.495 e. The molecule has 2 N–H and O–H groups in total. The minimum atomic E-state index is 0. The Kier molecular flexibility index (Phi) is 9.48. The number of halogens is 1. The van der Waals surface area contributed by atoms with Gasteiger partial charge in [0.15, 0.2) is 5.96 Å². The summed E-state index contributed by atoms with van der Waals surface area (Å²) in [6, 6.07) is 12.6. The Morgan fingerprint density at radius 3 is 2.83 bits per heavy atom. The highest BCUT2D eigenvalue weighted by Crippen LogP contribution is 2.30. The maximum atomic E-state index is 5.52. The summed E-state index contributed by atoms with van der Waals surface area (Å²) in [5.74, 6) is 2.71. The molecule has 0 spiro atoms. The maximum Gasteiger partial charge on any atom is 0.191 e. The van der Waals surface area contributed by atoms with Gasteiger partial charge in [0.25, 0.3) is 0 Å². The number of anilines is 2. The van der Waals surface area contributed by atoms with Crippen LogP contribution in [-0.4, -0.2) is 57.8 Å². The van der Waals surface area contributed by atoms with Crippen molar-refractivity contribution in [2.45, 2.75) is 25.9 Å². The molecule has 1 fully saturated rings. The van der Waals surface area contributed by atoms with Crippen LogP contribution in [0.25, 0.3) is 0 Å². The van der Waals surface area contributed by atoms with Crippen molar-refractivity contribution in [3.8, 4) is 5.75 Å². The Hall–Kier alpha value is -2.23. The van der Waals surface area contributed by atoms with Gasteiger partial charge in [-0.05, 0) is 43.2 Å².